The van der Waals surface area contributed by atoms with E-state index in [1.807, 2.05) is 0 Å². The Hall–Kier alpha value is -3.52. The minimum atomic E-state index is -0.387. The number of ether oxygens (including phenoxy) is 1. The van der Waals surface area contributed by atoms with Gasteiger partial charge in [0.15, 0.2) is 6.61 Å². The molecule has 1 amide bonds. The highest BCUT2D eigenvalue weighted by atomic mass is 35.5. The molecule has 0 unspecified atom stereocenters. The number of fused-ring (bicyclic) bond motifs is 1. The van der Waals surface area contributed by atoms with E-state index in [0.29, 0.717) is 27.4 Å². The lowest BCUT2D eigenvalue weighted by Gasteiger charge is -2.10. The molecule has 2 aromatic heterocycles. The van der Waals surface area contributed by atoms with Crippen LogP contribution < -0.4 is 10.1 Å². The van der Waals surface area contributed by atoms with Gasteiger partial charge in [-0.15, -0.1) is 0 Å². The number of aromatic nitrogens is 3. The van der Waals surface area contributed by atoms with Crippen LogP contribution in [0.25, 0.3) is 22.4 Å². The molecule has 2 aromatic carbocycles. The molecule has 0 spiro atoms. The van der Waals surface area contributed by atoms with Gasteiger partial charge in [-0.2, -0.15) is 4.98 Å². The third-order valence-electron chi connectivity index (χ3n) is 4.24. The molecule has 7 nitrogen and oxygen atoms in total. The zero-order valence-electron chi connectivity index (χ0n) is 15.1. The van der Waals surface area contributed by atoms with Gasteiger partial charge in [0.1, 0.15) is 23.2 Å². The summed E-state index contributed by atoms with van der Waals surface area (Å²) in [6.45, 7) is 1.50. The molecule has 4 aromatic rings. The van der Waals surface area contributed by atoms with Crippen molar-refractivity contribution < 1.29 is 18.4 Å². The number of hydrogen-bond acceptors (Lipinski definition) is 6. The number of carbonyl (C=O) groups is 1. The molecule has 29 heavy (non-hydrogen) atoms. The SMILES string of the molecule is Cc1c(Cl)cccc1NC(=O)COc1ncnc2onc(-c3ccc(F)cc3)c12. The second-order valence-corrected chi connectivity index (χ2v) is 6.55. The van der Waals surface area contributed by atoms with E-state index in [1.54, 1.807) is 37.3 Å². The molecule has 2 heterocycles. The molecule has 0 aliphatic rings. The first-order valence-electron chi connectivity index (χ1n) is 8.57. The second kappa shape index (κ2) is 7.84. The van der Waals surface area contributed by atoms with Gasteiger partial charge in [0.25, 0.3) is 11.6 Å². The summed E-state index contributed by atoms with van der Waals surface area (Å²) < 4.78 is 24.0. The molecular formula is C20H14ClFN4O3. The zero-order chi connectivity index (χ0) is 20.4. The summed E-state index contributed by atoms with van der Waals surface area (Å²) in [5, 5.41) is 7.66. The number of hydrogen-bond donors (Lipinski definition) is 1. The fraction of sp³-hybridized carbons (Fsp3) is 0.100. The lowest BCUT2D eigenvalue weighted by Crippen LogP contribution is -2.21. The van der Waals surface area contributed by atoms with Crippen molar-refractivity contribution >= 4 is 34.3 Å². The summed E-state index contributed by atoms with van der Waals surface area (Å²) in [7, 11) is 0. The topological polar surface area (TPSA) is 90.1 Å². The third-order valence-corrected chi connectivity index (χ3v) is 4.65. The molecule has 4 rings (SSSR count). The average molecular weight is 413 g/mol. The summed E-state index contributed by atoms with van der Waals surface area (Å²) in [5.74, 6) is -0.627. The molecule has 0 radical (unpaired) electrons. The predicted molar refractivity (Wildman–Crippen MR) is 105 cm³/mol. The van der Waals surface area contributed by atoms with Crippen molar-refractivity contribution in [1.82, 2.24) is 15.1 Å². The van der Waals surface area contributed by atoms with Crippen LogP contribution in [0.5, 0.6) is 5.88 Å². The molecule has 0 aliphatic heterocycles. The highest BCUT2D eigenvalue weighted by Gasteiger charge is 2.19. The average Bonchev–Trinajstić information content (AvgIpc) is 3.15. The van der Waals surface area contributed by atoms with Crippen LogP contribution in [0.4, 0.5) is 10.1 Å². The first-order chi connectivity index (χ1) is 14.0. The minimum Gasteiger partial charge on any atom is -0.467 e. The highest BCUT2D eigenvalue weighted by Crippen LogP contribution is 2.32. The van der Waals surface area contributed by atoms with Gasteiger partial charge >= 0.3 is 0 Å². The number of nitrogens with one attached hydrogen (secondary N) is 1. The maximum absolute atomic E-state index is 13.2. The predicted octanol–water partition coefficient (Wildman–Crippen LogP) is 4.40. The summed E-state index contributed by atoms with van der Waals surface area (Å²) in [5.41, 5.74) is 2.53. The smallest absolute Gasteiger partial charge is 0.265 e. The van der Waals surface area contributed by atoms with Crippen molar-refractivity contribution in [2.24, 2.45) is 0 Å². The van der Waals surface area contributed by atoms with E-state index < -0.39 is 0 Å². The van der Waals surface area contributed by atoms with Crippen molar-refractivity contribution in [2.75, 3.05) is 11.9 Å². The van der Waals surface area contributed by atoms with Crippen LogP contribution in [0.15, 0.2) is 53.3 Å². The van der Waals surface area contributed by atoms with Gasteiger partial charge in [0.05, 0.1) is 0 Å². The normalized spacial score (nSPS) is 10.9. The number of benzene rings is 2. The van der Waals surface area contributed by atoms with Gasteiger partial charge in [-0.05, 0) is 48.9 Å². The van der Waals surface area contributed by atoms with Crippen LogP contribution in [-0.4, -0.2) is 27.6 Å². The first kappa shape index (κ1) is 18.8. The Kier molecular flexibility index (Phi) is 5.09. The van der Waals surface area contributed by atoms with Crippen LogP contribution in [0.1, 0.15) is 5.56 Å². The number of halogens is 2. The van der Waals surface area contributed by atoms with E-state index in [4.69, 9.17) is 20.9 Å². The molecule has 0 atom stereocenters. The number of nitrogens with zero attached hydrogens (tertiary/aromatic N) is 3. The molecule has 9 heteroatoms. The van der Waals surface area contributed by atoms with Gasteiger partial charge in [-0.3, -0.25) is 4.79 Å². The van der Waals surface area contributed by atoms with Gasteiger partial charge < -0.3 is 14.6 Å². The summed E-state index contributed by atoms with van der Waals surface area (Å²) in [6, 6.07) is 10.9. The second-order valence-electron chi connectivity index (χ2n) is 6.15. The summed E-state index contributed by atoms with van der Waals surface area (Å²) in [6.07, 6.45) is 1.25. The van der Waals surface area contributed by atoms with E-state index in [1.165, 1.54) is 18.5 Å². The lowest BCUT2D eigenvalue weighted by atomic mass is 10.1. The van der Waals surface area contributed by atoms with Crippen molar-refractivity contribution in [1.29, 1.82) is 0 Å². The molecule has 0 bridgehead atoms. The molecule has 0 saturated heterocycles. The van der Waals surface area contributed by atoms with Gasteiger partial charge in [-0.25, -0.2) is 9.37 Å². The van der Waals surface area contributed by atoms with Crippen LogP contribution in [0, 0.1) is 12.7 Å². The van der Waals surface area contributed by atoms with Crippen molar-refractivity contribution in [3.8, 4) is 17.1 Å². The van der Waals surface area contributed by atoms with E-state index in [2.05, 4.69) is 20.4 Å². The van der Waals surface area contributed by atoms with Crippen molar-refractivity contribution in [3.63, 3.8) is 0 Å². The van der Waals surface area contributed by atoms with Crippen molar-refractivity contribution in [3.05, 3.63) is 65.2 Å². The quantitative estimate of drug-likeness (QED) is 0.522. The molecule has 146 valence electrons. The summed E-state index contributed by atoms with van der Waals surface area (Å²) in [4.78, 5) is 20.4. The Morgan fingerprint density at radius 2 is 2.00 bits per heavy atom. The third kappa shape index (κ3) is 3.88. The number of anilines is 1. The maximum atomic E-state index is 13.2. The number of amides is 1. The first-order valence-corrected chi connectivity index (χ1v) is 8.95. The van der Waals surface area contributed by atoms with Crippen LogP contribution in [0.2, 0.25) is 5.02 Å². The lowest BCUT2D eigenvalue weighted by molar-refractivity contribution is -0.118. The van der Waals surface area contributed by atoms with Crippen molar-refractivity contribution in [2.45, 2.75) is 6.92 Å². The van der Waals surface area contributed by atoms with Gasteiger partial charge in [0.2, 0.25) is 5.88 Å². The molecule has 1 N–H and O–H groups in total. The van der Waals surface area contributed by atoms with Crippen LogP contribution in [-0.2, 0) is 4.79 Å². The number of carbonyl (C=O) groups excluding carboxylic acids is 1. The zero-order valence-corrected chi connectivity index (χ0v) is 15.9. The monoisotopic (exact) mass is 412 g/mol. The Morgan fingerprint density at radius 3 is 2.79 bits per heavy atom. The fourth-order valence-electron chi connectivity index (χ4n) is 2.74. The summed E-state index contributed by atoms with van der Waals surface area (Å²) >= 11 is 6.07. The molecule has 0 aliphatic carbocycles. The van der Waals surface area contributed by atoms with E-state index >= 15 is 0 Å². The molecule has 0 fully saturated rings. The Morgan fingerprint density at radius 1 is 1.21 bits per heavy atom. The van der Waals surface area contributed by atoms with E-state index in [9.17, 15) is 9.18 Å². The highest BCUT2D eigenvalue weighted by molar-refractivity contribution is 6.31. The standard InChI is InChI=1S/C20H14ClFN4O3/c1-11-14(21)3-2-4-15(11)25-16(27)9-28-19-17-18(12-5-7-13(22)8-6-12)26-29-20(17)24-10-23-19/h2-8,10H,9H2,1H3,(H,25,27). The minimum absolute atomic E-state index is 0.133. The Bertz CT molecular complexity index is 1190. The fourth-order valence-corrected chi connectivity index (χ4v) is 2.91. The number of rotatable bonds is 5. The van der Waals surface area contributed by atoms with E-state index in [0.717, 1.165) is 5.56 Å². The van der Waals surface area contributed by atoms with Gasteiger partial charge in [-0.1, -0.05) is 22.8 Å². The Labute approximate surface area is 169 Å². The largest absolute Gasteiger partial charge is 0.467 e. The Balaban J connectivity index is 1.56. The van der Waals surface area contributed by atoms with E-state index in [-0.39, 0.29) is 29.9 Å². The van der Waals surface area contributed by atoms with Crippen LogP contribution >= 0.6 is 11.6 Å². The molecular weight excluding hydrogens is 399 g/mol. The maximum Gasteiger partial charge on any atom is 0.265 e. The van der Waals surface area contributed by atoms with Crippen LogP contribution in [0.3, 0.4) is 0 Å². The van der Waals surface area contributed by atoms with Gasteiger partial charge in [0, 0.05) is 16.3 Å². The molecule has 0 saturated carbocycles.